The van der Waals surface area contributed by atoms with Gasteiger partial charge in [-0.25, -0.2) is 0 Å². The molecule has 0 heterocycles. The Hall–Kier alpha value is -0.610. The zero-order valence-electron chi connectivity index (χ0n) is 6.66. The van der Waals surface area contributed by atoms with Crippen LogP contribution < -0.4 is 11.5 Å². The van der Waals surface area contributed by atoms with Crippen molar-refractivity contribution < 1.29 is 9.90 Å². The number of carbonyl (C=O) groups is 1. The topological polar surface area (TPSA) is 89.3 Å². The standard InChI is InChI=1S/C5H11NO2.CH5N/c1-3(2)4(6)5(7)8;1-2/h3-4H,6H2,1-2H3,(H,7,8);2H2,1H3/t4-;/m0./s1. The van der Waals surface area contributed by atoms with Crippen LogP contribution in [0.15, 0.2) is 0 Å². The van der Waals surface area contributed by atoms with E-state index in [1.165, 1.54) is 7.05 Å². The van der Waals surface area contributed by atoms with E-state index >= 15 is 0 Å². The molecular formula is C6H16N2O2. The molecule has 0 aliphatic rings. The zero-order chi connectivity index (χ0) is 8.73. The van der Waals surface area contributed by atoms with Gasteiger partial charge in [-0.3, -0.25) is 4.79 Å². The average Bonchev–Trinajstić information content (AvgIpc) is 1.90. The summed E-state index contributed by atoms with van der Waals surface area (Å²) in [6, 6.07) is -0.713. The molecule has 0 rings (SSSR count). The summed E-state index contributed by atoms with van der Waals surface area (Å²) in [4.78, 5) is 10.0. The number of aliphatic carboxylic acids is 1. The van der Waals surface area contributed by atoms with Gasteiger partial charge in [0.1, 0.15) is 6.04 Å². The predicted octanol–water partition coefficient (Wildman–Crippen LogP) is -0.371. The fourth-order valence-corrected chi connectivity index (χ4v) is 0.285. The molecule has 0 bridgehead atoms. The largest absolute Gasteiger partial charge is 0.480 e. The van der Waals surface area contributed by atoms with Crippen molar-refractivity contribution in [1.29, 1.82) is 0 Å². The summed E-state index contributed by atoms with van der Waals surface area (Å²) in [5, 5.41) is 8.23. The van der Waals surface area contributed by atoms with Gasteiger partial charge in [0.05, 0.1) is 0 Å². The molecular weight excluding hydrogens is 132 g/mol. The highest BCUT2D eigenvalue weighted by Crippen LogP contribution is 1.96. The van der Waals surface area contributed by atoms with Crippen molar-refractivity contribution in [2.24, 2.45) is 17.4 Å². The van der Waals surface area contributed by atoms with E-state index in [4.69, 9.17) is 10.8 Å². The second-order valence-corrected chi connectivity index (χ2v) is 2.11. The first-order valence-corrected chi connectivity index (χ1v) is 3.12. The Morgan fingerprint density at radius 1 is 1.40 bits per heavy atom. The van der Waals surface area contributed by atoms with Gasteiger partial charge >= 0.3 is 5.97 Å². The predicted molar refractivity (Wildman–Crippen MR) is 40.6 cm³/mol. The maximum absolute atomic E-state index is 10.0. The second kappa shape index (κ2) is 6.51. The average molecular weight is 148 g/mol. The molecule has 0 radical (unpaired) electrons. The molecule has 0 aliphatic carbocycles. The van der Waals surface area contributed by atoms with Crippen molar-refractivity contribution in [1.82, 2.24) is 0 Å². The van der Waals surface area contributed by atoms with Crippen LogP contribution >= 0.6 is 0 Å². The molecule has 5 N–H and O–H groups in total. The molecule has 4 heteroatoms. The highest BCUT2D eigenvalue weighted by molar-refractivity contribution is 5.73. The van der Waals surface area contributed by atoms with Gasteiger partial charge < -0.3 is 16.6 Å². The molecule has 0 saturated carbocycles. The number of hydrogen-bond acceptors (Lipinski definition) is 3. The third-order valence-electron chi connectivity index (χ3n) is 1.00. The van der Waals surface area contributed by atoms with Crippen LogP contribution in [0.2, 0.25) is 0 Å². The van der Waals surface area contributed by atoms with Gasteiger partial charge in [0.15, 0.2) is 0 Å². The van der Waals surface area contributed by atoms with Gasteiger partial charge in [0.25, 0.3) is 0 Å². The van der Waals surface area contributed by atoms with E-state index in [0.29, 0.717) is 0 Å². The Morgan fingerprint density at radius 3 is 1.70 bits per heavy atom. The highest BCUT2D eigenvalue weighted by Gasteiger charge is 2.14. The molecule has 0 aliphatic heterocycles. The van der Waals surface area contributed by atoms with E-state index in [0.717, 1.165) is 0 Å². The van der Waals surface area contributed by atoms with Gasteiger partial charge in [-0.05, 0) is 13.0 Å². The SMILES string of the molecule is CC(C)[C@H](N)C(=O)O.CN. The Balaban J connectivity index is 0. The van der Waals surface area contributed by atoms with E-state index in [9.17, 15) is 4.79 Å². The number of nitrogens with two attached hydrogens (primary N) is 2. The van der Waals surface area contributed by atoms with E-state index in [1.807, 2.05) is 0 Å². The van der Waals surface area contributed by atoms with E-state index in [2.05, 4.69) is 5.73 Å². The van der Waals surface area contributed by atoms with Gasteiger partial charge in [0, 0.05) is 0 Å². The van der Waals surface area contributed by atoms with Crippen molar-refractivity contribution in [2.75, 3.05) is 7.05 Å². The molecule has 4 nitrogen and oxygen atoms in total. The minimum atomic E-state index is -0.931. The molecule has 0 aromatic rings. The fraction of sp³-hybridized carbons (Fsp3) is 0.833. The maximum atomic E-state index is 10.0. The molecule has 0 unspecified atom stereocenters. The minimum absolute atomic E-state index is 0.0208. The quantitative estimate of drug-likeness (QED) is 0.498. The first kappa shape index (κ1) is 12.1. The van der Waals surface area contributed by atoms with Gasteiger partial charge in [-0.1, -0.05) is 13.8 Å². The highest BCUT2D eigenvalue weighted by atomic mass is 16.4. The summed E-state index contributed by atoms with van der Waals surface area (Å²) >= 11 is 0. The van der Waals surface area contributed by atoms with Crippen LogP contribution in [0.4, 0.5) is 0 Å². The Labute approximate surface area is 61.2 Å². The lowest BCUT2D eigenvalue weighted by Crippen LogP contribution is -2.34. The molecule has 0 fully saturated rings. The normalized spacial score (nSPS) is 11.8. The Morgan fingerprint density at radius 2 is 1.70 bits per heavy atom. The van der Waals surface area contributed by atoms with Crippen molar-refractivity contribution in [3.05, 3.63) is 0 Å². The fourth-order valence-electron chi connectivity index (χ4n) is 0.285. The van der Waals surface area contributed by atoms with Crippen molar-refractivity contribution in [3.8, 4) is 0 Å². The third-order valence-corrected chi connectivity index (χ3v) is 1.00. The first-order chi connectivity index (χ1) is 4.55. The maximum Gasteiger partial charge on any atom is 0.320 e. The lowest BCUT2D eigenvalue weighted by atomic mass is 10.1. The molecule has 0 saturated heterocycles. The monoisotopic (exact) mass is 148 g/mol. The van der Waals surface area contributed by atoms with Crippen LogP contribution in [-0.4, -0.2) is 24.2 Å². The lowest BCUT2D eigenvalue weighted by Gasteiger charge is -2.07. The molecule has 0 spiro atoms. The summed E-state index contributed by atoms with van der Waals surface area (Å²) < 4.78 is 0. The summed E-state index contributed by atoms with van der Waals surface area (Å²) in [5.41, 5.74) is 9.66. The minimum Gasteiger partial charge on any atom is -0.480 e. The van der Waals surface area contributed by atoms with Crippen LogP contribution in [-0.2, 0) is 4.79 Å². The van der Waals surface area contributed by atoms with Crippen LogP contribution in [0.3, 0.4) is 0 Å². The van der Waals surface area contributed by atoms with Crippen LogP contribution in [0.1, 0.15) is 13.8 Å². The second-order valence-electron chi connectivity index (χ2n) is 2.11. The van der Waals surface area contributed by atoms with Crippen LogP contribution in [0.25, 0.3) is 0 Å². The van der Waals surface area contributed by atoms with E-state index in [1.54, 1.807) is 13.8 Å². The summed E-state index contributed by atoms with van der Waals surface area (Å²) in [6.07, 6.45) is 0. The van der Waals surface area contributed by atoms with Crippen LogP contribution in [0.5, 0.6) is 0 Å². The Kier molecular flexibility index (Phi) is 7.88. The molecule has 0 aromatic carbocycles. The molecule has 0 amide bonds. The Bertz CT molecular complexity index is 93.7. The summed E-state index contributed by atoms with van der Waals surface area (Å²) in [7, 11) is 1.50. The first-order valence-electron chi connectivity index (χ1n) is 3.12. The number of carboxylic acid groups (broad SMARTS) is 1. The van der Waals surface area contributed by atoms with Gasteiger partial charge in [-0.2, -0.15) is 0 Å². The van der Waals surface area contributed by atoms with Gasteiger partial charge in [0.2, 0.25) is 0 Å². The van der Waals surface area contributed by atoms with Crippen LogP contribution in [0, 0.1) is 5.92 Å². The lowest BCUT2D eigenvalue weighted by molar-refractivity contribution is -0.139. The number of hydrogen-bond donors (Lipinski definition) is 3. The third kappa shape index (κ3) is 5.53. The molecule has 62 valence electrons. The number of rotatable bonds is 2. The van der Waals surface area contributed by atoms with E-state index in [-0.39, 0.29) is 5.92 Å². The van der Waals surface area contributed by atoms with Crippen molar-refractivity contribution in [2.45, 2.75) is 19.9 Å². The zero-order valence-corrected chi connectivity index (χ0v) is 6.66. The van der Waals surface area contributed by atoms with Crippen molar-refractivity contribution >= 4 is 5.97 Å². The molecule has 1 atom stereocenters. The molecule has 0 aromatic heterocycles. The summed E-state index contributed by atoms with van der Waals surface area (Å²) in [5.74, 6) is -0.910. The van der Waals surface area contributed by atoms with E-state index < -0.39 is 12.0 Å². The molecule has 10 heavy (non-hydrogen) atoms. The van der Waals surface area contributed by atoms with Gasteiger partial charge in [-0.15, -0.1) is 0 Å². The van der Waals surface area contributed by atoms with Crippen molar-refractivity contribution in [3.63, 3.8) is 0 Å². The smallest absolute Gasteiger partial charge is 0.320 e. The number of carboxylic acids is 1. The summed E-state index contributed by atoms with van der Waals surface area (Å²) in [6.45, 7) is 3.55.